The number of hydrogen-bond donors (Lipinski definition) is 0. The molecule has 0 amide bonds. The van der Waals surface area contributed by atoms with Gasteiger partial charge in [0.1, 0.15) is 0 Å². The number of nitrogens with zero attached hydrogens (tertiary/aromatic N) is 2. The van der Waals surface area contributed by atoms with Crippen molar-refractivity contribution < 1.29 is 0 Å². The summed E-state index contributed by atoms with van der Waals surface area (Å²) in [6.07, 6.45) is 9.70. The maximum Gasteiger partial charge on any atom is 0.0603 e. The summed E-state index contributed by atoms with van der Waals surface area (Å²) in [5.41, 5.74) is 2.65. The maximum atomic E-state index is 4.09. The van der Waals surface area contributed by atoms with Crippen LogP contribution >= 0.6 is 0 Å². The zero-order valence-corrected chi connectivity index (χ0v) is 11.8. The third-order valence-corrected chi connectivity index (χ3v) is 3.84. The third kappa shape index (κ3) is 4.10. The lowest BCUT2D eigenvalue weighted by molar-refractivity contribution is 0.394. The Bertz CT molecular complexity index is 335. The van der Waals surface area contributed by atoms with E-state index in [1.807, 2.05) is 13.1 Å². The molecule has 0 spiro atoms. The fraction of sp³-hybridized carbons (Fsp3) is 0.733. The highest BCUT2D eigenvalue weighted by atomic mass is 15.1. The molecule has 1 aromatic heterocycles. The molecule has 0 aliphatic rings. The van der Waals surface area contributed by atoms with Gasteiger partial charge in [-0.2, -0.15) is 10.2 Å². The molecule has 0 N–H and O–H groups in total. The molecule has 17 heavy (non-hydrogen) atoms. The number of unbranched alkanes of at least 4 members (excludes halogenated alkanes) is 3. The number of rotatable bonds is 7. The van der Waals surface area contributed by atoms with Gasteiger partial charge in [-0.1, -0.05) is 46.5 Å². The van der Waals surface area contributed by atoms with Gasteiger partial charge in [-0.15, -0.1) is 0 Å². The van der Waals surface area contributed by atoms with Crippen molar-refractivity contribution in [2.45, 2.75) is 71.6 Å². The average molecular weight is 234 g/mol. The molecule has 0 aliphatic heterocycles. The van der Waals surface area contributed by atoms with Gasteiger partial charge in [0.05, 0.1) is 11.9 Å². The summed E-state index contributed by atoms with van der Waals surface area (Å²) in [6.45, 7) is 8.91. The van der Waals surface area contributed by atoms with Crippen LogP contribution in [0.2, 0.25) is 0 Å². The van der Waals surface area contributed by atoms with Crippen molar-refractivity contribution in [1.82, 2.24) is 10.2 Å². The molecular formula is C15H26N2. The fourth-order valence-corrected chi connectivity index (χ4v) is 2.27. The van der Waals surface area contributed by atoms with Crippen molar-refractivity contribution in [3.63, 3.8) is 0 Å². The largest absolute Gasteiger partial charge is 0.159 e. The highest BCUT2D eigenvalue weighted by molar-refractivity contribution is 5.21. The van der Waals surface area contributed by atoms with Crippen LogP contribution in [0.3, 0.4) is 0 Å². The number of aryl methyl sites for hydroxylation is 1. The van der Waals surface area contributed by atoms with Crippen LogP contribution in [-0.2, 0) is 5.41 Å². The van der Waals surface area contributed by atoms with Crippen molar-refractivity contribution in [3.05, 3.63) is 23.5 Å². The minimum atomic E-state index is 0.272. The molecule has 2 heteroatoms. The first kappa shape index (κ1) is 14.1. The second-order valence-corrected chi connectivity index (χ2v) is 5.31. The summed E-state index contributed by atoms with van der Waals surface area (Å²) in [5, 5.41) is 8.14. The quantitative estimate of drug-likeness (QED) is 0.652. The molecule has 2 nitrogen and oxygen atoms in total. The van der Waals surface area contributed by atoms with Gasteiger partial charge in [-0.05, 0) is 36.8 Å². The van der Waals surface area contributed by atoms with Crippen LogP contribution < -0.4 is 0 Å². The lowest BCUT2D eigenvalue weighted by Crippen LogP contribution is -2.21. The van der Waals surface area contributed by atoms with Crippen LogP contribution in [0.25, 0.3) is 0 Å². The number of hydrogen-bond acceptors (Lipinski definition) is 2. The first-order valence-corrected chi connectivity index (χ1v) is 6.92. The Balaban J connectivity index is 2.67. The van der Waals surface area contributed by atoms with E-state index in [0.29, 0.717) is 0 Å². The zero-order chi connectivity index (χ0) is 12.7. The maximum absolute atomic E-state index is 4.09. The molecule has 0 saturated carbocycles. The van der Waals surface area contributed by atoms with E-state index in [1.165, 1.54) is 44.1 Å². The highest BCUT2D eigenvalue weighted by Crippen LogP contribution is 2.32. The average Bonchev–Trinajstić information content (AvgIpc) is 2.34. The Kier molecular flexibility index (Phi) is 5.60. The van der Waals surface area contributed by atoms with Gasteiger partial charge in [-0.25, -0.2) is 0 Å². The van der Waals surface area contributed by atoms with Crippen molar-refractivity contribution in [2.75, 3.05) is 0 Å². The molecule has 0 bridgehead atoms. The molecule has 1 aromatic rings. The van der Waals surface area contributed by atoms with Crippen molar-refractivity contribution in [2.24, 2.45) is 0 Å². The van der Waals surface area contributed by atoms with E-state index in [2.05, 4.69) is 37.0 Å². The summed E-state index contributed by atoms with van der Waals surface area (Å²) >= 11 is 0. The zero-order valence-electron chi connectivity index (χ0n) is 11.8. The van der Waals surface area contributed by atoms with Gasteiger partial charge in [0, 0.05) is 0 Å². The molecular weight excluding hydrogens is 208 g/mol. The van der Waals surface area contributed by atoms with Crippen molar-refractivity contribution >= 4 is 0 Å². The first-order valence-electron chi connectivity index (χ1n) is 6.92. The molecule has 1 atom stereocenters. The molecule has 0 saturated heterocycles. The Morgan fingerprint density at radius 1 is 1.18 bits per heavy atom. The predicted molar refractivity (Wildman–Crippen MR) is 73.2 cm³/mol. The highest BCUT2D eigenvalue weighted by Gasteiger charge is 2.24. The lowest BCUT2D eigenvalue weighted by atomic mass is 9.76. The molecule has 1 heterocycles. The van der Waals surface area contributed by atoms with E-state index >= 15 is 0 Å². The molecule has 1 rings (SSSR count). The molecule has 0 fully saturated rings. The van der Waals surface area contributed by atoms with Crippen LogP contribution in [0.1, 0.15) is 70.6 Å². The van der Waals surface area contributed by atoms with Crippen LogP contribution in [0.4, 0.5) is 0 Å². The number of aromatic nitrogens is 2. The summed E-state index contributed by atoms with van der Waals surface area (Å²) in [7, 11) is 0. The third-order valence-electron chi connectivity index (χ3n) is 3.84. The van der Waals surface area contributed by atoms with Gasteiger partial charge in [0.25, 0.3) is 0 Å². The summed E-state index contributed by atoms with van der Waals surface area (Å²) in [4.78, 5) is 0. The minimum Gasteiger partial charge on any atom is -0.159 e. The van der Waals surface area contributed by atoms with Crippen LogP contribution in [0.5, 0.6) is 0 Å². The molecule has 1 unspecified atom stereocenters. The summed E-state index contributed by atoms with van der Waals surface area (Å²) in [5.74, 6) is 0. The van der Waals surface area contributed by atoms with E-state index in [-0.39, 0.29) is 5.41 Å². The molecule has 0 radical (unpaired) electrons. The van der Waals surface area contributed by atoms with Gasteiger partial charge >= 0.3 is 0 Å². The normalized spacial score (nSPS) is 14.6. The van der Waals surface area contributed by atoms with Crippen LogP contribution in [0, 0.1) is 6.92 Å². The second kappa shape index (κ2) is 6.73. The molecule has 0 aromatic carbocycles. The van der Waals surface area contributed by atoms with Gasteiger partial charge in [0.15, 0.2) is 0 Å². The summed E-state index contributed by atoms with van der Waals surface area (Å²) < 4.78 is 0. The van der Waals surface area contributed by atoms with E-state index in [1.54, 1.807) is 0 Å². The predicted octanol–water partition coefficient (Wildman–Crippen LogP) is 4.42. The van der Waals surface area contributed by atoms with Crippen LogP contribution in [0.15, 0.2) is 12.3 Å². The van der Waals surface area contributed by atoms with Gasteiger partial charge in [-0.3, -0.25) is 0 Å². The van der Waals surface area contributed by atoms with Gasteiger partial charge < -0.3 is 0 Å². The Morgan fingerprint density at radius 3 is 2.53 bits per heavy atom. The standard InChI is InChI=1S/C15H26N2/c1-5-7-8-9-10-15(4,6-2)14-11-13(3)17-16-12-14/h11-12H,5-10H2,1-4H3. The first-order chi connectivity index (χ1) is 8.12. The van der Waals surface area contributed by atoms with Crippen molar-refractivity contribution in [3.8, 4) is 0 Å². The Morgan fingerprint density at radius 2 is 1.94 bits per heavy atom. The van der Waals surface area contributed by atoms with Crippen LogP contribution in [-0.4, -0.2) is 10.2 Å². The monoisotopic (exact) mass is 234 g/mol. The van der Waals surface area contributed by atoms with E-state index in [4.69, 9.17) is 0 Å². The van der Waals surface area contributed by atoms with Gasteiger partial charge in [0.2, 0.25) is 0 Å². The van der Waals surface area contributed by atoms with E-state index in [9.17, 15) is 0 Å². The second-order valence-electron chi connectivity index (χ2n) is 5.31. The SMILES string of the molecule is CCCCCCC(C)(CC)c1cnnc(C)c1. The fourth-order valence-electron chi connectivity index (χ4n) is 2.27. The topological polar surface area (TPSA) is 25.8 Å². The van der Waals surface area contributed by atoms with E-state index in [0.717, 1.165) is 5.69 Å². The lowest BCUT2D eigenvalue weighted by Gasteiger charge is -2.28. The molecule has 96 valence electrons. The van der Waals surface area contributed by atoms with Crippen molar-refractivity contribution in [1.29, 1.82) is 0 Å². The smallest absolute Gasteiger partial charge is 0.0603 e. The Hall–Kier alpha value is -0.920. The Labute approximate surface area is 106 Å². The molecule has 0 aliphatic carbocycles. The summed E-state index contributed by atoms with van der Waals surface area (Å²) in [6, 6.07) is 2.19. The van der Waals surface area contributed by atoms with E-state index < -0.39 is 0 Å². The minimum absolute atomic E-state index is 0.272.